The first-order chi connectivity index (χ1) is 8.95. The third-order valence-corrected chi connectivity index (χ3v) is 4.71. The molecular weight excluding hydrogens is 272 g/mol. The maximum absolute atomic E-state index is 13.2. The molecule has 3 rings (SSSR count). The summed E-state index contributed by atoms with van der Waals surface area (Å²) in [5.41, 5.74) is -1.04. The van der Waals surface area contributed by atoms with E-state index in [0.29, 0.717) is 5.01 Å². The molecule has 19 heavy (non-hydrogen) atoms. The van der Waals surface area contributed by atoms with Gasteiger partial charge in [0.05, 0.1) is 15.2 Å². The van der Waals surface area contributed by atoms with E-state index in [0.717, 1.165) is 10.2 Å². The van der Waals surface area contributed by atoms with Gasteiger partial charge in [0.1, 0.15) is 5.41 Å². The van der Waals surface area contributed by atoms with Crippen molar-refractivity contribution in [3.8, 4) is 0 Å². The Labute approximate surface area is 111 Å². The molecule has 1 aliphatic rings. The average molecular weight is 283 g/mol. The Morgan fingerprint density at radius 1 is 1.42 bits per heavy atom. The van der Waals surface area contributed by atoms with E-state index in [1.165, 1.54) is 11.3 Å². The van der Waals surface area contributed by atoms with Gasteiger partial charge in [0.25, 0.3) is 5.92 Å². The van der Waals surface area contributed by atoms with Crippen LogP contribution >= 0.6 is 11.3 Å². The number of hydrogen-bond acceptors (Lipinski definition) is 3. The predicted molar refractivity (Wildman–Crippen MR) is 67.6 cm³/mol. The number of nitrogens with zero attached hydrogens (tertiary/aromatic N) is 1. The number of rotatable bonds is 4. The van der Waals surface area contributed by atoms with Gasteiger partial charge in [-0.3, -0.25) is 4.79 Å². The van der Waals surface area contributed by atoms with Crippen molar-refractivity contribution in [3.05, 3.63) is 29.3 Å². The van der Waals surface area contributed by atoms with Crippen molar-refractivity contribution < 1.29 is 18.7 Å². The molecule has 1 unspecified atom stereocenters. The average Bonchev–Trinajstić information content (AvgIpc) is 2.74. The quantitative estimate of drug-likeness (QED) is 0.936. The van der Waals surface area contributed by atoms with Crippen LogP contribution in [0.3, 0.4) is 0 Å². The SMILES string of the molecule is O=C(O)C1(CCc2nc3ccccc3s2)CC1(F)F. The molecule has 1 aromatic heterocycles. The van der Waals surface area contributed by atoms with Crippen molar-refractivity contribution in [2.45, 2.75) is 25.2 Å². The molecule has 0 radical (unpaired) electrons. The molecule has 2 aromatic rings. The molecule has 0 bridgehead atoms. The Morgan fingerprint density at radius 2 is 2.11 bits per heavy atom. The second-order valence-corrected chi connectivity index (χ2v) is 5.96. The Bertz CT molecular complexity index is 622. The zero-order valence-corrected chi connectivity index (χ0v) is 10.7. The van der Waals surface area contributed by atoms with E-state index in [9.17, 15) is 13.6 Å². The highest BCUT2D eigenvalue weighted by Gasteiger charge is 2.75. The van der Waals surface area contributed by atoms with Crippen LogP contribution in [0.1, 0.15) is 17.8 Å². The van der Waals surface area contributed by atoms with E-state index in [4.69, 9.17) is 5.11 Å². The number of aromatic nitrogens is 1. The lowest BCUT2D eigenvalue weighted by Crippen LogP contribution is -2.23. The van der Waals surface area contributed by atoms with Crippen molar-refractivity contribution in [3.63, 3.8) is 0 Å². The summed E-state index contributed by atoms with van der Waals surface area (Å²) < 4.78 is 27.4. The fourth-order valence-corrected chi connectivity index (χ4v) is 3.26. The summed E-state index contributed by atoms with van der Waals surface area (Å²) in [6.07, 6.45) is -0.337. The fourth-order valence-electron chi connectivity index (χ4n) is 2.29. The summed E-state index contributed by atoms with van der Waals surface area (Å²) in [4.78, 5) is 15.3. The smallest absolute Gasteiger partial charge is 0.316 e. The largest absolute Gasteiger partial charge is 0.481 e. The number of carboxylic acid groups (broad SMARTS) is 1. The first-order valence-corrected chi connectivity index (χ1v) is 6.72. The monoisotopic (exact) mass is 283 g/mol. The van der Waals surface area contributed by atoms with Crippen LogP contribution in [0, 0.1) is 5.41 Å². The molecule has 1 atom stereocenters. The first-order valence-electron chi connectivity index (χ1n) is 5.90. The molecule has 0 spiro atoms. The highest BCUT2D eigenvalue weighted by atomic mass is 32.1. The minimum Gasteiger partial charge on any atom is -0.481 e. The summed E-state index contributed by atoms with van der Waals surface area (Å²) in [5.74, 6) is -4.48. The molecule has 1 heterocycles. The van der Waals surface area contributed by atoms with Gasteiger partial charge >= 0.3 is 5.97 Å². The van der Waals surface area contributed by atoms with Crippen molar-refractivity contribution >= 4 is 27.5 Å². The molecule has 0 aliphatic heterocycles. The Hall–Kier alpha value is -1.56. The number of carboxylic acids is 1. The van der Waals surface area contributed by atoms with Crippen LogP contribution in [0.25, 0.3) is 10.2 Å². The zero-order valence-electron chi connectivity index (χ0n) is 9.90. The zero-order chi connectivity index (χ0) is 13.7. The van der Waals surface area contributed by atoms with Gasteiger partial charge in [0, 0.05) is 12.8 Å². The molecule has 0 saturated heterocycles. The van der Waals surface area contributed by atoms with Gasteiger partial charge < -0.3 is 5.11 Å². The lowest BCUT2D eigenvalue weighted by Gasteiger charge is -2.09. The fraction of sp³-hybridized carbons (Fsp3) is 0.385. The molecular formula is C13H11F2NO2S. The van der Waals surface area contributed by atoms with Crippen molar-refractivity contribution in [1.82, 2.24) is 4.98 Å². The molecule has 1 saturated carbocycles. The maximum Gasteiger partial charge on any atom is 0.316 e. The van der Waals surface area contributed by atoms with Crippen LogP contribution in [-0.2, 0) is 11.2 Å². The number of hydrogen-bond donors (Lipinski definition) is 1. The first kappa shape index (κ1) is 12.5. The summed E-state index contributed by atoms with van der Waals surface area (Å²) in [7, 11) is 0. The number of carbonyl (C=O) groups is 1. The minimum absolute atomic E-state index is 0.0604. The number of alkyl halides is 2. The van der Waals surface area contributed by atoms with Gasteiger partial charge in [-0.05, 0) is 18.6 Å². The van der Waals surface area contributed by atoms with E-state index in [-0.39, 0.29) is 12.8 Å². The highest BCUT2D eigenvalue weighted by Crippen LogP contribution is 2.63. The highest BCUT2D eigenvalue weighted by molar-refractivity contribution is 7.18. The van der Waals surface area contributed by atoms with E-state index in [2.05, 4.69) is 4.98 Å². The molecule has 3 nitrogen and oxygen atoms in total. The standard InChI is InChI=1S/C13H11F2NO2S/c14-13(15)7-12(13,11(17)18)6-5-10-16-8-3-1-2-4-9(8)19-10/h1-4H,5-7H2,(H,17,18). The van der Waals surface area contributed by atoms with Gasteiger partial charge in [-0.1, -0.05) is 12.1 Å². The molecule has 1 aliphatic carbocycles. The topological polar surface area (TPSA) is 50.2 Å². The van der Waals surface area contributed by atoms with Crippen LogP contribution in [0.4, 0.5) is 8.78 Å². The number of benzene rings is 1. The summed E-state index contributed by atoms with van der Waals surface area (Å²) >= 11 is 1.43. The Balaban J connectivity index is 1.78. The molecule has 0 amide bonds. The number of aryl methyl sites for hydroxylation is 1. The Morgan fingerprint density at radius 3 is 2.68 bits per heavy atom. The molecule has 1 N–H and O–H groups in total. The number of thiazole rings is 1. The number of halogens is 2. The van der Waals surface area contributed by atoms with E-state index in [1.54, 1.807) is 0 Å². The number of para-hydroxylation sites is 1. The predicted octanol–water partition coefficient (Wildman–Crippen LogP) is 3.34. The Kier molecular flexibility index (Phi) is 2.60. The third-order valence-electron chi connectivity index (χ3n) is 3.61. The van der Waals surface area contributed by atoms with Crippen LogP contribution in [0.15, 0.2) is 24.3 Å². The van der Waals surface area contributed by atoms with Gasteiger partial charge in [-0.15, -0.1) is 11.3 Å². The molecule has 100 valence electrons. The van der Waals surface area contributed by atoms with Crippen molar-refractivity contribution in [1.29, 1.82) is 0 Å². The summed E-state index contributed by atoms with van der Waals surface area (Å²) in [5, 5.41) is 9.67. The van der Waals surface area contributed by atoms with Crippen molar-refractivity contribution in [2.75, 3.05) is 0 Å². The maximum atomic E-state index is 13.2. The molecule has 6 heteroatoms. The van der Waals surface area contributed by atoms with Crippen LogP contribution in [-0.4, -0.2) is 22.0 Å². The second kappa shape index (κ2) is 3.96. The van der Waals surface area contributed by atoms with Gasteiger partial charge in [-0.2, -0.15) is 0 Å². The van der Waals surface area contributed by atoms with Gasteiger partial charge in [0.2, 0.25) is 0 Å². The number of aliphatic carboxylic acids is 1. The lowest BCUT2D eigenvalue weighted by atomic mass is 10.00. The third kappa shape index (κ3) is 1.90. The molecule has 1 fully saturated rings. The second-order valence-electron chi connectivity index (χ2n) is 4.84. The van der Waals surface area contributed by atoms with E-state index in [1.807, 2.05) is 24.3 Å². The van der Waals surface area contributed by atoms with Gasteiger partial charge in [0.15, 0.2) is 0 Å². The summed E-state index contributed by atoms with van der Waals surface area (Å²) in [6, 6.07) is 7.51. The van der Waals surface area contributed by atoms with Gasteiger partial charge in [-0.25, -0.2) is 13.8 Å². The van der Waals surface area contributed by atoms with Crippen LogP contribution < -0.4 is 0 Å². The van der Waals surface area contributed by atoms with Crippen molar-refractivity contribution in [2.24, 2.45) is 5.41 Å². The minimum atomic E-state index is -3.07. The van der Waals surface area contributed by atoms with E-state index < -0.39 is 23.7 Å². The normalized spacial score (nSPS) is 24.5. The van der Waals surface area contributed by atoms with Crippen LogP contribution in [0.5, 0.6) is 0 Å². The summed E-state index contributed by atoms with van der Waals surface area (Å²) in [6.45, 7) is 0. The lowest BCUT2D eigenvalue weighted by molar-refractivity contribution is -0.147. The van der Waals surface area contributed by atoms with E-state index >= 15 is 0 Å². The van der Waals surface area contributed by atoms with Crippen LogP contribution in [0.2, 0.25) is 0 Å². The molecule has 1 aromatic carbocycles. The number of fused-ring (bicyclic) bond motifs is 1.